The molecule has 0 saturated carbocycles. The quantitative estimate of drug-likeness (QED) is 0.750. The first-order valence-corrected chi connectivity index (χ1v) is 7.28. The summed E-state index contributed by atoms with van der Waals surface area (Å²) in [5.74, 6) is 0. The fourth-order valence-electron chi connectivity index (χ4n) is 2.58. The van der Waals surface area contributed by atoms with E-state index < -0.39 is 0 Å². The second-order valence-electron chi connectivity index (χ2n) is 5.45. The Bertz CT molecular complexity index is 555. The molecule has 0 aromatic carbocycles. The fraction of sp³-hybridized carbons (Fsp3) is 0.714. The summed E-state index contributed by atoms with van der Waals surface area (Å²) in [6.45, 7) is 4.83. The van der Waals surface area contributed by atoms with Gasteiger partial charge < -0.3 is 10.2 Å². The van der Waals surface area contributed by atoms with Gasteiger partial charge in [-0.25, -0.2) is 4.79 Å². The summed E-state index contributed by atoms with van der Waals surface area (Å²) in [4.78, 5) is 25.8. The summed E-state index contributed by atoms with van der Waals surface area (Å²) in [7, 11) is 3.20. The maximum absolute atomic E-state index is 11.8. The predicted octanol–water partition coefficient (Wildman–Crippen LogP) is -0.340. The summed E-state index contributed by atoms with van der Waals surface area (Å²) in [5, 5.41) is 3.31. The van der Waals surface area contributed by atoms with Gasteiger partial charge in [-0.2, -0.15) is 0 Å². The second kappa shape index (κ2) is 6.85. The van der Waals surface area contributed by atoms with E-state index in [-0.39, 0.29) is 11.2 Å². The molecule has 2 heterocycles. The highest BCUT2D eigenvalue weighted by molar-refractivity contribution is 5.01. The molecule has 0 unspecified atom stereocenters. The third-order valence-electron chi connectivity index (χ3n) is 3.98. The van der Waals surface area contributed by atoms with Gasteiger partial charge in [-0.05, 0) is 25.9 Å². The van der Waals surface area contributed by atoms with Gasteiger partial charge in [-0.3, -0.25) is 13.9 Å². The van der Waals surface area contributed by atoms with Crippen LogP contribution in [0, 0.1) is 0 Å². The SMILES string of the molecule is Cn1c(CNCCN2CCCCC2)cc(=O)n(C)c1=O. The van der Waals surface area contributed by atoms with Crippen molar-refractivity contribution >= 4 is 0 Å². The fourth-order valence-corrected chi connectivity index (χ4v) is 2.58. The number of nitrogens with zero attached hydrogens (tertiary/aromatic N) is 3. The highest BCUT2D eigenvalue weighted by atomic mass is 16.2. The normalized spacial score (nSPS) is 16.5. The average Bonchev–Trinajstić information content (AvgIpc) is 2.47. The number of rotatable bonds is 5. The van der Waals surface area contributed by atoms with Gasteiger partial charge in [0.25, 0.3) is 5.56 Å². The van der Waals surface area contributed by atoms with Crippen molar-refractivity contribution < 1.29 is 0 Å². The van der Waals surface area contributed by atoms with Crippen molar-refractivity contribution in [1.82, 2.24) is 19.4 Å². The van der Waals surface area contributed by atoms with Crippen LogP contribution in [0.5, 0.6) is 0 Å². The maximum Gasteiger partial charge on any atom is 0.330 e. The minimum Gasteiger partial charge on any atom is -0.310 e. The second-order valence-corrected chi connectivity index (χ2v) is 5.45. The molecule has 0 radical (unpaired) electrons. The van der Waals surface area contributed by atoms with E-state index in [0.29, 0.717) is 6.54 Å². The van der Waals surface area contributed by atoms with Crippen LogP contribution in [-0.2, 0) is 20.6 Å². The zero-order valence-corrected chi connectivity index (χ0v) is 12.4. The first-order chi connectivity index (χ1) is 9.59. The molecule has 0 bridgehead atoms. The molecule has 20 heavy (non-hydrogen) atoms. The minimum atomic E-state index is -0.273. The van der Waals surface area contributed by atoms with Crippen LogP contribution in [0.2, 0.25) is 0 Å². The maximum atomic E-state index is 11.8. The summed E-state index contributed by atoms with van der Waals surface area (Å²) >= 11 is 0. The van der Waals surface area contributed by atoms with Crippen LogP contribution < -0.4 is 16.6 Å². The van der Waals surface area contributed by atoms with Gasteiger partial charge in [0, 0.05) is 45.5 Å². The van der Waals surface area contributed by atoms with E-state index in [0.717, 1.165) is 23.4 Å². The molecule has 1 aromatic rings. The third-order valence-corrected chi connectivity index (χ3v) is 3.98. The van der Waals surface area contributed by atoms with Crippen molar-refractivity contribution in [3.05, 3.63) is 32.6 Å². The van der Waals surface area contributed by atoms with E-state index >= 15 is 0 Å². The molecule has 1 aromatic heterocycles. The standard InChI is InChI=1S/C14H24N4O2/c1-16-12(10-13(19)17(2)14(16)20)11-15-6-9-18-7-4-3-5-8-18/h10,15H,3-9,11H2,1-2H3. The van der Waals surface area contributed by atoms with E-state index in [1.807, 2.05) is 0 Å². The lowest BCUT2D eigenvalue weighted by Crippen LogP contribution is -2.40. The van der Waals surface area contributed by atoms with Crippen molar-refractivity contribution in [2.45, 2.75) is 25.8 Å². The molecular weight excluding hydrogens is 256 g/mol. The van der Waals surface area contributed by atoms with Crippen LogP contribution in [0.25, 0.3) is 0 Å². The minimum absolute atomic E-state index is 0.249. The Labute approximate surface area is 119 Å². The molecule has 0 amide bonds. The van der Waals surface area contributed by atoms with Gasteiger partial charge in [-0.1, -0.05) is 6.42 Å². The molecule has 6 heteroatoms. The highest BCUT2D eigenvalue weighted by Gasteiger charge is 2.09. The summed E-state index contributed by atoms with van der Waals surface area (Å²) in [5.41, 5.74) is 0.211. The molecule has 6 nitrogen and oxygen atoms in total. The van der Waals surface area contributed by atoms with Crippen LogP contribution in [0.3, 0.4) is 0 Å². The first-order valence-electron chi connectivity index (χ1n) is 7.28. The third kappa shape index (κ3) is 3.58. The van der Waals surface area contributed by atoms with E-state index in [9.17, 15) is 9.59 Å². The summed E-state index contributed by atoms with van der Waals surface area (Å²) in [6.07, 6.45) is 3.94. The Hall–Kier alpha value is -1.40. The monoisotopic (exact) mass is 280 g/mol. The number of aromatic nitrogens is 2. The van der Waals surface area contributed by atoms with Gasteiger partial charge in [0.1, 0.15) is 0 Å². The summed E-state index contributed by atoms with van der Waals surface area (Å²) in [6, 6.07) is 1.52. The van der Waals surface area contributed by atoms with Gasteiger partial charge in [0.2, 0.25) is 0 Å². The molecule has 112 valence electrons. The van der Waals surface area contributed by atoms with Crippen LogP contribution in [-0.4, -0.2) is 40.2 Å². The smallest absolute Gasteiger partial charge is 0.310 e. The van der Waals surface area contributed by atoms with Gasteiger partial charge >= 0.3 is 5.69 Å². The van der Waals surface area contributed by atoms with E-state index in [2.05, 4.69) is 10.2 Å². The zero-order chi connectivity index (χ0) is 14.5. The lowest BCUT2D eigenvalue weighted by molar-refractivity contribution is 0.228. The van der Waals surface area contributed by atoms with E-state index in [1.165, 1.54) is 50.0 Å². The average molecular weight is 280 g/mol. The Kier molecular flexibility index (Phi) is 5.14. The molecule has 1 N–H and O–H groups in total. The van der Waals surface area contributed by atoms with Crippen molar-refractivity contribution in [2.75, 3.05) is 26.2 Å². The molecule has 1 fully saturated rings. The molecule has 0 aliphatic carbocycles. The van der Waals surface area contributed by atoms with Crippen LogP contribution >= 0.6 is 0 Å². The molecule has 2 rings (SSSR count). The van der Waals surface area contributed by atoms with Crippen LogP contribution in [0.15, 0.2) is 15.7 Å². The number of piperidine rings is 1. The van der Waals surface area contributed by atoms with Crippen molar-refractivity contribution in [3.8, 4) is 0 Å². The first kappa shape index (κ1) is 15.0. The number of likely N-dealkylation sites (tertiary alicyclic amines) is 1. The van der Waals surface area contributed by atoms with Crippen molar-refractivity contribution in [1.29, 1.82) is 0 Å². The highest BCUT2D eigenvalue weighted by Crippen LogP contribution is 2.07. The lowest BCUT2D eigenvalue weighted by atomic mass is 10.1. The number of hydrogen-bond donors (Lipinski definition) is 1. The molecule has 1 aliphatic rings. The molecular formula is C14H24N4O2. The van der Waals surface area contributed by atoms with E-state index in [4.69, 9.17) is 0 Å². The van der Waals surface area contributed by atoms with Gasteiger partial charge in [-0.15, -0.1) is 0 Å². The van der Waals surface area contributed by atoms with Crippen molar-refractivity contribution in [3.63, 3.8) is 0 Å². The Morgan fingerprint density at radius 1 is 1.10 bits per heavy atom. The largest absolute Gasteiger partial charge is 0.330 e. The van der Waals surface area contributed by atoms with Crippen molar-refractivity contribution in [2.24, 2.45) is 14.1 Å². The Morgan fingerprint density at radius 2 is 1.80 bits per heavy atom. The van der Waals surface area contributed by atoms with Crippen LogP contribution in [0.1, 0.15) is 25.0 Å². The number of nitrogens with one attached hydrogen (secondary N) is 1. The Morgan fingerprint density at radius 3 is 2.50 bits per heavy atom. The van der Waals surface area contributed by atoms with Crippen LogP contribution in [0.4, 0.5) is 0 Å². The topological polar surface area (TPSA) is 59.3 Å². The molecule has 0 atom stereocenters. The zero-order valence-electron chi connectivity index (χ0n) is 12.4. The van der Waals surface area contributed by atoms with Gasteiger partial charge in [0.05, 0.1) is 0 Å². The molecule has 1 aliphatic heterocycles. The lowest BCUT2D eigenvalue weighted by Gasteiger charge is -2.26. The van der Waals surface area contributed by atoms with E-state index in [1.54, 1.807) is 7.05 Å². The predicted molar refractivity (Wildman–Crippen MR) is 78.9 cm³/mol. The van der Waals surface area contributed by atoms with Gasteiger partial charge in [0.15, 0.2) is 0 Å². The molecule has 1 saturated heterocycles. The summed E-state index contributed by atoms with van der Waals surface area (Å²) < 4.78 is 2.65. The number of hydrogen-bond acceptors (Lipinski definition) is 4. The molecule has 0 spiro atoms. The Balaban J connectivity index is 1.85.